The zero-order valence-corrected chi connectivity index (χ0v) is 9.80. The molecule has 0 radical (unpaired) electrons. The molecule has 2 N–H and O–H groups in total. The largest absolute Gasteiger partial charge is 0.328 e. The van der Waals surface area contributed by atoms with Crippen molar-refractivity contribution in [3.8, 4) is 10.6 Å². The number of rotatable bonds is 3. The predicted octanol–water partition coefficient (Wildman–Crippen LogP) is 2.84. The van der Waals surface area contributed by atoms with E-state index in [0.29, 0.717) is 10.6 Å². The van der Waals surface area contributed by atoms with Crippen LogP contribution in [-0.2, 0) is 6.42 Å². The summed E-state index contributed by atoms with van der Waals surface area (Å²) in [5.74, 6) is -0.232. The molecule has 1 aromatic heterocycles. The van der Waals surface area contributed by atoms with Gasteiger partial charge in [-0.1, -0.05) is 12.1 Å². The van der Waals surface area contributed by atoms with Crippen LogP contribution in [0.3, 0.4) is 0 Å². The summed E-state index contributed by atoms with van der Waals surface area (Å²) in [5, 5.41) is 0.716. The van der Waals surface area contributed by atoms with E-state index in [1.54, 1.807) is 18.3 Å². The van der Waals surface area contributed by atoms with E-state index in [9.17, 15) is 4.39 Å². The Morgan fingerprint density at radius 1 is 1.44 bits per heavy atom. The molecule has 1 aromatic carbocycles. The molecule has 0 amide bonds. The van der Waals surface area contributed by atoms with Gasteiger partial charge in [0, 0.05) is 22.7 Å². The van der Waals surface area contributed by atoms with Gasteiger partial charge < -0.3 is 5.73 Å². The Kier molecular flexibility index (Phi) is 3.31. The Morgan fingerprint density at radius 2 is 2.19 bits per heavy atom. The molecule has 1 atom stereocenters. The van der Waals surface area contributed by atoms with Gasteiger partial charge in [0.15, 0.2) is 0 Å². The van der Waals surface area contributed by atoms with Gasteiger partial charge in [-0.2, -0.15) is 0 Å². The first-order valence-corrected chi connectivity index (χ1v) is 5.93. The number of halogens is 1. The van der Waals surface area contributed by atoms with Crippen LogP contribution in [0.5, 0.6) is 0 Å². The van der Waals surface area contributed by atoms with Crippen LogP contribution in [0.2, 0.25) is 0 Å². The van der Waals surface area contributed by atoms with Crippen LogP contribution >= 0.6 is 11.3 Å². The monoisotopic (exact) mass is 236 g/mol. The maximum Gasteiger partial charge on any atom is 0.133 e. The molecule has 2 nitrogen and oxygen atoms in total. The quantitative estimate of drug-likeness (QED) is 0.890. The maximum absolute atomic E-state index is 13.5. The second-order valence-electron chi connectivity index (χ2n) is 3.79. The average molecular weight is 236 g/mol. The molecule has 0 fully saturated rings. The van der Waals surface area contributed by atoms with Crippen molar-refractivity contribution < 1.29 is 4.39 Å². The van der Waals surface area contributed by atoms with Gasteiger partial charge in [-0.25, -0.2) is 9.37 Å². The lowest BCUT2D eigenvalue weighted by Crippen LogP contribution is -2.16. The summed E-state index contributed by atoms with van der Waals surface area (Å²) in [6.45, 7) is 1.95. The summed E-state index contributed by atoms with van der Waals surface area (Å²) in [6, 6.07) is 6.78. The number of benzene rings is 1. The fourth-order valence-corrected chi connectivity index (χ4v) is 2.56. The van der Waals surface area contributed by atoms with E-state index in [1.807, 2.05) is 13.0 Å². The molecule has 2 aromatic rings. The molecule has 1 unspecified atom stereocenters. The number of aromatic nitrogens is 1. The van der Waals surface area contributed by atoms with E-state index in [-0.39, 0.29) is 11.9 Å². The second kappa shape index (κ2) is 4.72. The smallest absolute Gasteiger partial charge is 0.133 e. The number of thiazole rings is 1. The minimum atomic E-state index is -0.232. The highest BCUT2D eigenvalue weighted by Gasteiger charge is 2.09. The van der Waals surface area contributed by atoms with E-state index in [0.717, 1.165) is 11.3 Å². The fourth-order valence-electron chi connectivity index (χ4n) is 1.48. The molecule has 1 heterocycles. The van der Waals surface area contributed by atoms with Crippen LogP contribution in [0.4, 0.5) is 4.39 Å². The van der Waals surface area contributed by atoms with E-state index < -0.39 is 0 Å². The minimum Gasteiger partial charge on any atom is -0.328 e. The molecule has 16 heavy (non-hydrogen) atoms. The Labute approximate surface area is 97.9 Å². The molecule has 0 aliphatic carbocycles. The van der Waals surface area contributed by atoms with Crippen molar-refractivity contribution in [1.29, 1.82) is 0 Å². The van der Waals surface area contributed by atoms with Crippen molar-refractivity contribution in [2.45, 2.75) is 19.4 Å². The molecule has 0 saturated carbocycles. The second-order valence-corrected chi connectivity index (χ2v) is 4.91. The number of hydrogen-bond acceptors (Lipinski definition) is 3. The highest BCUT2D eigenvalue weighted by Crippen LogP contribution is 2.27. The maximum atomic E-state index is 13.5. The highest BCUT2D eigenvalue weighted by atomic mass is 32.1. The van der Waals surface area contributed by atoms with Crippen LogP contribution in [0, 0.1) is 5.82 Å². The van der Waals surface area contributed by atoms with Gasteiger partial charge in [0.05, 0.1) is 0 Å². The van der Waals surface area contributed by atoms with E-state index >= 15 is 0 Å². The van der Waals surface area contributed by atoms with Gasteiger partial charge in [0.1, 0.15) is 10.8 Å². The third-order valence-corrected chi connectivity index (χ3v) is 3.23. The van der Waals surface area contributed by atoms with Gasteiger partial charge in [-0.05, 0) is 25.5 Å². The number of nitrogens with zero attached hydrogens (tertiary/aromatic N) is 1. The summed E-state index contributed by atoms with van der Waals surface area (Å²) in [5.41, 5.74) is 6.27. The summed E-state index contributed by atoms with van der Waals surface area (Å²) < 4.78 is 13.5. The van der Waals surface area contributed by atoms with Crippen molar-refractivity contribution in [1.82, 2.24) is 4.98 Å². The van der Waals surface area contributed by atoms with E-state index in [4.69, 9.17) is 5.73 Å². The van der Waals surface area contributed by atoms with Crippen LogP contribution in [0.1, 0.15) is 11.8 Å². The third kappa shape index (κ3) is 2.46. The Hall–Kier alpha value is -1.26. The first-order chi connectivity index (χ1) is 7.66. The van der Waals surface area contributed by atoms with Gasteiger partial charge in [-0.3, -0.25) is 0 Å². The van der Waals surface area contributed by atoms with Crippen molar-refractivity contribution in [3.05, 3.63) is 41.2 Å². The lowest BCUT2D eigenvalue weighted by molar-refractivity contribution is 0.631. The first-order valence-electron chi connectivity index (χ1n) is 5.12. The molecule has 0 aliphatic heterocycles. The molecule has 0 saturated heterocycles. The van der Waals surface area contributed by atoms with Crippen LogP contribution in [-0.4, -0.2) is 11.0 Å². The van der Waals surface area contributed by atoms with Crippen LogP contribution < -0.4 is 5.73 Å². The van der Waals surface area contributed by atoms with Crippen molar-refractivity contribution in [2.75, 3.05) is 0 Å². The van der Waals surface area contributed by atoms with E-state index in [1.165, 1.54) is 17.4 Å². The topological polar surface area (TPSA) is 38.9 Å². The molecule has 0 bridgehead atoms. The predicted molar refractivity (Wildman–Crippen MR) is 64.9 cm³/mol. The molecule has 84 valence electrons. The van der Waals surface area contributed by atoms with Crippen molar-refractivity contribution in [3.63, 3.8) is 0 Å². The van der Waals surface area contributed by atoms with Crippen LogP contribution in [0.15, 0.2) is 30.5 Å². The van der Waals surface area contributed by atoms with Gasteiger partial charge in [0.2, 0.25) is 0 Å². The van der Waals surface area contributed by atoms with Crippen LogP contribution in [0.25, 0.3) is 10.6 Å². The third-order valence-electron chi connectivity index (χ3n) is 2.18. The van der Waals surface area contributed by atoms with Gasteiger partial charge in [-0.15, -0.1) is 11.3 Å². The van der Waals surface area contributed by atoms with Crippen molar-refractivity contribution >= 4 is 11.3 Å². The zero-order chi connectivity index (χ0) is 11.5. The number of hydrogen-bond donors (Lipinski definition) is 1. The fraction of sp³-hybridized carbons (Fsp3) is 0.250. The summed E-state index contributed by atoms with van der Waals surface area (Å²) >= 11 is 1.50. The lowest BCUT2D eigenvalue weighted by atomic mass is 10.2. The highest BCUT2D eigenvalue weighted by molar-refractivity contribution is 7.15. The SMILES string of the molecule is CC(N)Cc1cnc(-c2ccccc2F)s1. The lowest BCUT2D eigenvalue weighted by Gasteiger charge is -2.00. The molecule has 4 heteroatoms. The standard InChI is InChI=1S/C12H13FN2S/c1-8(14)6-9-7-15-12(16-9)10-4-2-3-5-11(10)13/h2-5,7-8H,6,14H2,1H3. The molecule has 2 rings (SSSR count). The van der Waals surface area contributed by atoms with Gasteiger partial charge >= 0.3 is 0 Å². The minimum absolute atomic E-state index is 0.105. The Balaban J connectivity index is 2.28. The van der Waals surface area contributed by atoms with Gasteiger partial charge in [0.25, 0.3) is 0 Å². The Bertz CT molecular complexity index is 479. The normalized spacial score (nSPS) is 12.7. The molecule has 0 spiro atoms. The van der Waals surface area contributed by atoms with Crippen molar-refractivity contribution in [2.24, 2.45) is 5.73 Å². The molecular formula is C12H13FN2S. The summed E-state index contributed by atoms with van der Waals surface area (Å²) in [4.78, 5) is 5.31. The average Bonchev–Trinajstić information content (AvgIpc) is 2.66. The Morgan fingerprint density at radius 3 is 2.88 bits per heavy atom. The summed E-state index contributed by atoms with van der Waals surface area (Å²) in [6.07, 6.45) is 2.56. The first kappa shape index (κ1) is 11.2. The zero-order valence-electron chi connectivity index (χ0n) is 8.98. The van der Waals surface area contributed by atoms with E-state index in [2.05, 4.69) is 4.98 Å². The summed E-state index contributed by atoms with van der Waals surface area (Å²) in [7, 11) is 0. The molecular weight excluding hydrogens is 223 g/mol. The molecule has 0 aliphatic rings. The number of nitrogens with two attached hydrogens (primary N) is 1.